The van der Waals surface area contributed by atoms with Gasteiger partial charge in [-0.05, 0) is 11.6 Å². The maximum atomic E-state index is 12.3. The summed E-state index contributed by atoms with van der Waals surface area (Å²) in [5.74, 6) is 0.870. The van der Waals surface area contributed by atoms with Crippen molar-refractivity contribution in [1.82, 2.24) is 15.2 Å². The number of benzene rings is 1. The van der Waals surface area contributed by atoms with Gasteiger partial charge in [0.05, 0.1) is 6.54 Å². The predicted molar refractivity (Wildman–Crippen MR) is 101 cm³/mol. The Morgan fingerprint density at radius 3 is 2.73 bits per heavy atom. The summed E-state index contributed by atoms with van der Waals surface area (Å²) in [4.78, 5) is 32.4. The van der Waals surface area contributed by atoms with Gasteiger partial charge in [0.15, 0.2) is 0 Å². The van der Waals surface area contributed by atoms with Crippen molar-refractivity contribution in [3.63, 3.8) is 0 Å². The second-order valence-electron chi connectivity index (χ2n) is 6.74. The van der Waals surface area contributed by atoms with Gasteiger partial charge in [-0.25, -0.2) is 4.98 Å². The van der Waals surface area contributed by atoms with E-state index in [1.54, 1.807) is 11.1 Å². The van der Waals surface area contributed by atoms with E-state index in [1.165, 1.54) is 0 Å². The van der Waals surface area contributed by atoms with Crippen LogP contribution in [0.25, 0.3) is 0 Å². The number of aromatic nitrogens is 1. The van der Waals surface area contributed by atoms with E-state index in [0.29, 0.717) is 19.5 Å². The maximum absolute atomic E-state index is 12.3. The number of likely N-dealkylation sites (tertiary alicyclic amines) is 1. The lowest BCUT2D eigenvalue weighted by atomic mass is 9.99. The summed E-state index contributed by atoms with van der Waals surface area (Å²) >= 11 is 0. The molecule has 6 heteroatoms. The number of carbonyl (C=O) groups is 2. The molecule has 0 unspecified atom stereocenters. The number of amides is 2. The highest BCUT2D eigenvalue weighted by Gasteiger charge is 2.31. The Morgan fingerprint density at radius 2 is 2.00 bits per heavy atom. The van der Waals surface area contributed by atoms with Crippen LogP contribution in [-0.4, -0.2) is 48.9 Å². The second kappa shape index (κ2) is 7.99. The minimum Gasteiger partial charge on any atom is -0.362 e. The quantitative estimate of drug-likeness (QED) is 0.861. The third-order valence-electron chi connectivity index (χ3n) is 4.59. The number of pyridine rings is 1. The van der Waals surface area contributed by atoms with Crippen LogP contribution in [0, 0.1) is 0 Å². The SMILES string of the molecule is CN(C)c1ncccc1CNC(=O)CN1C[C@H](c2ccccc2)CC1=O. The number of hydrogen-bond acceptors (Lipinski definition) is 4. The summed E-state index contributed by atoms with van der Waals surface area (Å²) in [7, 11) is 3.83. The summed E-state index contributed by atoms with van der Waals surface area (Å²) in [6.45, 7) is 1.08. The topological polar surface area (TPSA) is 65.5 Å². The standard InChI is InChI=1S/C20H24N4O2/c1-23(2)20-16(9-6-10-21-20)12-22-18(25)14-24-13-17(11-19(24)26)15-7-4-3-5-8-15/h3-10,17H,11-14H2,1-2H3,(H,22,25)/t17-/m1/s1. The molecule has 0 aliphatic carbocycles. The fraction of sp³-hybridized carbons (Fsp3) is 0.350. The smallest absolute Gasteiger partial charge is 0.239 e. The molecule has 1 saturated heterocycles. The molecule has 1 aliphatic rings. The normalized spacial score (nSPS) is 16.6. The number of carbonyl (C=O) groups excluding carboxylic acids is 2. The molecule has 2 heterocycles. The van der Waals surface area contributed by atoms with Gasteiger partial charge in [0.1, 0.15) is 5.82 Å². The largest absolute Gasteiger partial charge is 0.362 e. The van der Waals surface area contributed by atoms with E-state index in [2.05, 4.69) is 10.3 Å². The van der Waals surface area contributed by atoms with Crippen molar-refractivity contribution in [2.45, 2.75) is 18.9 Å². The van der Waals surface area contributed by atoms with Gasteiger partial charge in [0.2, 0.25) is 11.8 Å². The molecule has 0 radical (unpaired) electrons. The summed E-state index contributed by atoms with van der Waals surface area (Å²) in [6, 6.07) is 13.8. The lowest BCUT2D eigenvalue weighted by Gasteiger charge is -2.18. The predicted octanol–water partition coefficient (Wildman–Crippen LogP) is 1.78. The molecule has 26 heavy (non-hydrogen) atoms. The van der Waals surface area contributed by atoms with Crippen molar-refractivity contribution in [1.29, 1.82) is 0 Å². The van der Waals surface area contributed by atoms with Crippen LogP contribution in [0.5, 0.6) is 0 Å². The molecule has 3 rings (SSSR count). The van der Waals surface area contributed by atoms with Crippen LogP contribution in [-0.2, 0) is 16.1 Å². The highest BCUT2D eigenvalue weighted by molar-refractivity contribution is 5.86. The van der Waals surface area contributed by atoms with Gasteiger partial charge in [0.25, 0.3) is 0 Å². The van der Waals surface area contributed by atoms with Gasteiger partial charge in [-0.2, -0.15) is 0 Å². The third-order valence-corrected chi connectivity index (χ3v) is 4.59. The van der Waals surface area contributed by atoms with Crippen molar-refractivity contribution in [3.8, 4) is 0 Å². The molecule has 136 valence electrons. The first-order valence-corrected chi connectivity index (χ1v) is 8.75. The Bertz CT molecular complexity index is 776. The van der Waals surface area contributed by atoms with E-state index in [9.17, 15) is 9.59 Å². The van der Waals surface area contributed by atoms with Crippen LogP contribution in [0.2, 0.25) is 0 Å². The molecule has 0 spiro atoms. The Morgan fingerprint density at radius 1 is 1.23 bits per heavy atom. The molecule has 2 amide bonds. The zero-order valence-electron chi connectivity index (χ0n) is 15.2. The highest BCUT2D eigenvalue weighted by Crippen LogP contribution is 2.27. The lowest BCUT2D eigenvalue weighted by molar-refractivity contribution is -0.133. The van der Waals surface area contributed by atoms with E-state index in [1.807, 2.05) is 61.5 Å². The molecule has 0 bridgehead atoms. The molecule has 1 aliphatic heterocycles. The number of hydrogen-bond donors (Lipinski definition) is 1. The summed E-state index contributed by atoms with van der Waals surface area (Å²) in [6.07, 6.45) is 2.19. The van der Waals surface area contributed by atoms with Crippen molar-refractivity contribution < 1.29 is 9.59 Å². The van der Waals surface area contributed by atoms with Gasteiger partial charge < -0.3 is 15.1 Å². The number of nitrogens with zero attached hydrogens (tertiary/aromatic N) is 3. The number of anilines is 1. The first kappa shape index (κ1) is 17.9. The van der Waals surface area contributed by atoms with Gasteiger partial charge in [-0.3, -0.25) is 9.59 Å². The van der Waals surface area contributed by atoms with Crippen LogP contribution in [0.3, 0.4) is 0 Å². The second-order valence-corrected chi connectivity index (χ2v) is 6.74. The molecule has 1 atom stereocenters. The Labute approximate surface area is 153 Å². The van der Waals surface area contributed by atoms with E-state index < -0.39 is 0 Å². The highest BCUT2D eigenvalue weighted by atomic mass is 16.2. The van der Waals surface area contributed by atoms with Gasteiger partial charge in [-0.1, -0.05) is 36.4 Å². The van der Waals surface area contributed by atoms with Crippen molar-refractivity contribution in [3.05, 3.63) is 59.8 Å². The third kappa shape index (κ3) is 4.20. The Balaban J connectivity index is 1.55. The fourth-order valence-electron chi connectivity index (χ4n) is 3.27. The minimum absolute atomic E-state index is 0.0318. The molecule has 2 aromatic rings. The Kier molecular flexibility index (Phi) is 5.51. The molecule has 6 nitrogen and oxygen atoms in total. The average Bonchev–Trinajstić information content (AvgIpc) is 3.01. The first-order chi connectivity index (χ1) is 12.5. The van der Waals surface area contributed by atoms with E-state index in [4.69, 9.17) is 0 Å². The fourth-order valence-corrected chi connectivity index (χ4v) is 3.27. The summed E-state index contributed by atoms with van der Waals surface area (Å²) < 4.78 is 0. The van der Waals surface area contributed by atoms with Crippen molar-refractivity contribution in [2.75, 3.05) is 32.1 Å². The number of nitrogens with one attached hydrogen (secondary N) is 1. The van der Waals surface area contributed by atoms with E-state index in [-0.39, 0.29) is 24.3 Å². The van der Waals surface area contributed by atoms with E-state index in [0.717, 1.165) is 16.9 Å². The van der Waals surface area contributed by atoms with Crippen LogP contribution in [0.1, 0.15) is 23.5 Å². The van der Waals surface area contributed by atoms with Gasteiger partial charge >= 0.3 is 0 Å². The summed E-state index contributed by atoms with van der Waals surface area (Å²) in [5.41, 5.74) is 2.09. The van der Waals surface area contributed by atoms with Crippen LogP contribution in [0.4, 0.5) is 5.82 Å². The summed E-state index contributed by atoms with van der Waals surface area (Å²) in [5, 5.41) is 2.90. The zero-order valence-corrected chi connectivity index (χ0v) is 15.2. The molecular formula is C20H24N4O2. The molecular weight excluding hydrogens is 328 g/mol. The van der Waals surface area contributed by atoms with Crippen LogP contribution >= 0.6 is 0 Å². The molecule has 1 aromatic carbocycles. The van der Waals surface area contributed by atoms with Crippen molar-refractivity contribution in [2.24, 2.45) is 0 Å². The molecule has 1 fully saturated rings. The van der Waals surface area contributed by atoms with Crippen LogP contribution < -0.4 is 10.2 Å². The van der Waals surface area contributed by atoms with Crippen LogP contribution in [0.15, 0.2) is 48.7 Å². The van der Waals surface area contributed by atoms with Crippen molar-refractivity contribution >= 4 is 17.6 Å². The zero-order chi connectivity index (χ0) is 18.5. The molecule has 1 N–H and O–H groups in total. The maximum Gasteiger partial charge on any atom is 0.239 e. The molecule has 0 saturated carbocycles. The van der Waals surface area contributed by atoms with Gasteiger partial charge in [0, 0.05) is 51.3 Å². The monoisotopic (exact) mass is 352 g/mol. The minimum atomic E-state index is -0.152. The first-order valence-electron chi connectivity index (χ1n) is 8.75. The lowest BCUT2D eigenvalue weighted by Crippen LogP contribution is -2.38. The molecule has 1 aromatic heterocycles. The number of rotatable bonds is 6. The van der Waals surface area contributed by atoms with E-state index >= 15 is 0 Å². The van der Waals surface area contributed by atoms with Gasteiger partial charge in [-0.15, -0.1) is 0 Å². The average molecular weight is 352 g/mol. The Hall–Kier alpha value is -2.89.